The Hall–Kier alpha value is -3.51. The number of nitrogens with one attached hydrogen (secondary N) is 1. The van der Waals surface area contributed by atoms with Crippen molar-refractivity contribution in [3.8, 4) is 5.69 Å². The van der Waals surface area contributed by atoms with Crippen LogP contribution in [0.2, 0.25) is 0 Å². The van der Waals surface area contributed by atoms with E-state index in [-0.39, 0.29) is 17.9 Å². The summed E-state index contributed by atoms with van der Waals surface area (Å²) in [6.07, 6.45) is 3.85. The van der Waals surface area contributed by atoms with Crippen molar-refractivity contribution < 1.29 is 4.39 Å². The van der Waals surface area contributed by atoms with E-state index in [9.17, 15) is 4.39 Å². The van der Waals surface area contributed by atoms with Crippen LogP contribution in [0.5, 0.6) is 0 Å². The lowest BCUT2D eigenvalue weighted by atomic mass is 10.0. The molecule has 1 aliphatic rings. The van der Waals surface area contributed by atoms with E-state index in [0.29, 0.717) is 5.11 Å². The van der Waals surface area contributed by atoms with Gasteiger partial charge in [-0.05, 0) is 85.4 Å². The highest BCUT2D eigenvalue weighted by atomic mass is 32.1. The Bertz CT molecular complexity index is 1220. The molecule has 2 aromatic heterocycles. The van der Waals surface area contributed by atoms with Crippen LogP contribution in [-0.2, 0) is 0 Å². The Balaban J connectivity index is 1.67. The van der Waals surface area contributed by atoms with Crippen molar-refractivity contribution in [3.63, 3.8) is 0 Å². The van der Waals surface area contributed by atoms with Crippen molar-refractivity contribution in [2.24, 2.45) is 0 Å². The fourth-order valence-corrected chi connectivity index (χ4v) is 4.53. The van der Waals surface area contributed by atoms with E-state index in [4.69, 9.17) is 12.2 Å². The van der Waals surface area contributed by atoms with E-state index in [1.807, 2.05) is 24.3 Å². The average Bonchev–Trinajstić information content (AvgIpc) is 3.39. The van der Waals surface area contributed by atoms with Crippen molar-refractivity contribution in [2.75, 3.05) is 4.90 Å². The molecule has 1 saturated heterocycles. The van der Waals surface area contributed by atoms with Gasteiger partial charge >= 0.3 is 0 Å². The van der Waals surface area contributed by atoms with Gasteiger partial charge in [-0.15, -0.1) is 0 Å². The van der Waals surface area contributed by atoms with Gasteiger partial charge in [0.1, 0.15) is 11.9 Å². The summed E-state index contributed by atoms with van der Waals surface area (Å²) in [4.78, 5) is 6.65. The molecule has 0 aliphatic carbocycles. The van der Waals surface area contributed by atoms with Crippen LogP contribution in [0.15, 0.2) is 91.3 Å². The molecule has 2 atom stereocenters. The van der Waals surface area contributed by atoms with Crippen molar-refractivity contribution in [1.82, 2.24) is 14.9 Å². The minimum absolute atomic E-state index is 0.155. The number of hydrogen-bond acceptors (Lipinski definition) is 2. The molecular weight excluding hydrogens is 407 g/mol. The van der Waals surface area contributed by atoms with Gasteiger partial charge in [-0.3, -0.25) is 4.98 Å². The zero-order chi connectivity index (χ0) is 21.4. The minimum atomic E-state index is -0.275. The maximum Gasteiger partial charge on any atom is 0.174 e. The highest BCUT2D eigenvalue weighted by molar-refractivity contribution is 7.80. The third-order valence-electron chi connectivity index (χ3n) is 5.57. The fraction of sp³-hybridized carbons (Fsp3) is 0.120. The van der Waals surface area contributed by atoms with Gasteiger partial charge in [0.25, 0.3) is 0 Å². The zero-order valence-corrected chi connectivity index (χ0v) is 17.8. The number of pyridine rings is 1. The summed E-state index contributed by atoms with van der Waals surface area (Å²) in [6, 6.07) is 24.5. The van der Waals surface area contributed by atoms with E-state index < -0.39 is 0 Å². The molecule has 4 aromatic rings. The summed E-state index contributed by atoms with van der Waals surface area (Å²) < 4.78 is 15.8. The molecule has 1 N–H and O–H groups in total. The molecule has 0 spiro atoms. The molecule has 0 saturated carbocycles. The van der Waals surface area contributed by atoms with Gasteiger partial charge in [-0.2, -0.15) is 0 Å². The van der Waals surface area contributed by atoms with Gasteiger partial charge in [-0.1, -0.05) is 18.2 Å². The first-order valence-electron chi connectivity index (χ1n) is 10.1. The van der Waals surface area contributed by atoms with E-state index >= 15 is 0 Å². The highest BCUT2D eigenvalue weighted by Gasteiger charge is 2.42. The second-order valence-electron chi connectivity index (χ2n) is 7.62. The molecule has 2 aromatic carbocycles. The number of aromatic nitrogens is 2. The Morgan fingerprint density at radius 2 is 1.77 bits per heavy atom. The number of thiocarbonyl (C=S) groups is 1. The maximum atomic E-state index is 13.6. The predicted molar refractivity (Wildman–Crippen MR) is 125 cm³/mol. The summed E-state index contributed by atoms with van der Waals surface area (Å²) in [5.41, 5.74) is 5.07. The SMILES string of the molecule is Cc1cccc(-n2cccc2[C@@H]2[C@H](c3ccccn3)NC(=S)N2c2ccc(F)cc2)c1. The van der Waals surface area contributed by atoms with E-state index in [1.54, 1.807) is 18.3 Å². The monoisotopic (exact) mass is 428 g/mol. The Morgan fingerprint density at radius 3 is 2.52 bits per heavy atom. The second-order valence-corrected chi connectivity index (χ2v) is 8.00. The molecule has 1 aliphatic heterocycles. The number of benzene rings is 2. The highest BCUT2D eigenvalue weighted by Crippen LogP contribution is 2.42. The smallest absolute Gasteiger partial charge is 0.174 e. The lowest BCUT2D eigenvalue weighted by molar-refractivity contribution is 0.549. The molecule has 0 bridgehead atoms. The number of anilines is 1. The van der Waals surface area contributed by atoms with E-state index in [0.717, 1.165) is 22.8 Å². The summed E-state index contributed by atoms with van der Waals surface area (Å²) in [5.74, 6) is -0.275. The third kappa shape index (κ3) is 3.59. The van der Waals surface area contributed by atoms with Gasteiger partial charge in [0.05, 0.1) is 11.7 Å². The Kier molecular flexibility index (Phi) is 5.00. The topological polar surface area (TPSA) is 33.1 Å². The zero-order valence-electron chi connectivity index (χ0n) is 16.9. The average molecular weight is 429 g/mol. The first-order chi connectivity index (χ1) is 15.1. The predicted octanol–water partition coefficient (Wildman–Crippen LogP) is 5.50. The fourth-order valence-electron chi connectivity index (χ4n) is 4.18. The quantitative estimate of drug-likeness (QED) is 0.435. The van der Waals surface area contributed by atoms with Crippen LogP contribution >= 0.6 is 12.2 Å². The molecular formula is C25H21FN4S. The van der Waals surface area contributed by atoms with Crippen LogP contribution in [0.4, 0.5) is 10.1 Å². The molecule has 5 rings (SSSR count). The maximum absolute atomic E-state index is 13.6. The standard InChI is InChI=1S/C25H21FN4S/c1-17-6-4-7-20(16-17)29-15-5-9-22(29)24-23(21-8-2-3-14-27-21)28-25(31)30(24)19-12-10-18(26)11-13-19/h2-16,23-24H,1H3,(H,28,31)/t23-,24+/m0/s1. The lowest BCUT2D eigenvalue weighted by Gasteiger charge is -2.29. The van der Waals surface area contributed by atoms with Crippen molar-refractivity contribution in [3.05, 3.63) is 114 Å². The van der Waals surface area contributed by atoms with Gasteiger partial charge in [0, 0.05) is 29.5 Å². The normalized spacial score (nSPS) is 18.3. The Labute approximate surface area is 186 Å². The third-order valence-corrected chi connectivity index (χ3v) is 5.88. The largest absolute Gasteiger partial charge is 0.351 e. The number of aryl methyl sites for hydroxylation is 1. The van der Waals surface area contributed by atoms with Gasteiger partial charge in [0.2, 0.25) is 0 Å². The van der Waals surface area contributed by atoms with Gasteiger partial charge < -0.3 is 14.8 Å². The van der Waals surface area contributed by atoms with Crippen molar-refractivity contribution >= 4 is 23.0 Å². The van der Waals surface area contributed by atoms with Crippen LogP contribution in [0.25, 0.3) is 5.69 Å². The number of hydrogen-bond donors (Lipinski definition) is 1. The summed E-state index contributed by atoms with van der Waals surface area (Å²) in [5, 5.41) is 4.04. The Morgan fingerprint density at radius 1 is 0.935 bits per heavy atom. The number of rotatable bonds is 4. The molecule has 0 amide bonds. The van der Waals surface area contributed by atoms with Crippen LogP contribution in [0.3, 0.4) is 0 Å². The molecule has 4 nitrogen and oxygen atoms in total. The molecule has 0 radical (unpaired) electrons. The number of halogens is 1. The van der Waals surface area contributed by atoms with Crippen molar-refractivity contribution in [2.45, 2.75) is 19.0 Å². The first-order valence-corrected chi connectivity index (χ1v) is 10.5. The van der Waals surface area contributed by atoms with Gasteiger partial charge in [0.15, 0.2) is 5.11 Å². The van der Waals surface area contributed by atoms with E-state index in [2.05, 4.69) is 63.2 Å². The lowest BCUT2D eigenvalue weighted by Crippen LogP contribution is -2.30. The van der Waals surface area contributed by atoms with Crippen LogP contribution in [-0.4, -0.2) is 14.7 Å². The number of nitrogens with zero attached hydrogens (tertiary/aromatic N) is 3. The van der Waals surface area contributed by atoms with E-state index in [1.165, 1.54) is 17.7 Å². The molecule has 6 heteroatoms. The molecule has 31 heavy (non-hydrogen) atoms. The molecule has 1 fully saturated rings. The summed E-state index contributed by atoms with van der Waals surface area (Å²) >= 11 is 5.75. The summed E-state index contributed by atoms with van der Waals surface area (Å²) in [7, 11) is 0. The van der Waals surface area contributed by atoms with Crippen molar-refractivity contribution in [1.29, 1.82) is 0 Å². The molecule has 0 unspecified atom stereocenters. The molecule has 3 heterocycles. The molecule has 154 valence electrons. The van der Waals surface area contributed by atoms with Crippen LogP contribution in [0.1, 0.15) is 29.0 Å². The summed E-state index contributed by atoms with van der Waals surface area (Å²) in [6.45, 7) is 2.08. The minimum Gasteiger partial charge on any atom is -0.351 e. The second kappa shape index (κ2) is 7.96. The first kappa shape index (κ1) is 19.5. The van der Waals surface area contributed by atoms with Gasteiger partial charge in [-0.25, -0.2) is 4.39 Å². The van der Waals surface area contributed by atoms with Crippen LogP contribution in [0, 0.1) is 12.7 Å². The van der Waals surface area contributed by atoms with Crippen LogP contribution < -0.4 is 10.2 Å².